The Bertz CT molecular complexity index is 593. The molecule has 0 bridgehead atoms. The Morgan fingerprint density at radius 2 is 2.26 bits per heavy atom. The van der Waals surface area contributed by atoms with E-state index >= 15 is 0 Å². The predicted molar refractivity (Wildman–Crippen MR) is 70.8 cm³/mol. The minimum atomic E-state index is -0.398. The molecule has 0 aliphatic rings. The van der Waals surface area contributed by atoms with Crippen LogP contribution in [0, 0.1) is 10.1 Å². The lowest BCUT2D eigenvalue weighted by Crippen LogP contribution is -2.04. The number of aromatic nitrogens is 2. The lowest BCUT2D eigenvalue weighted by Gasteiger charge is -2.09. The van der Waals surface area contributed by atoms with Crippen molar-refractivity contribution in [3.8, 4) is 11.4 Å². The Labute approximate surface area is 110 Å². The molecular weight excluding hydrogens is 246 g/mol. The zero-order valence-electron chi connectivity index (χ0n) is 10.9. The molecule has 100 valence electrons. The van der Waals surface area contributed by atoms with Crippen LogP contribution < -0.4 is 4.74 Å². The standard InChI is InChI=1S/C13H15N3O3/c1-3-4-13-14-7-8-15(13)12-9-10(19-2)5-6-11(12)16(17)18/h5-9H,3-4H2,1-2H3. The molecule has 0 aliphatic carbocycles. The molecule has 2 aromatic rings. The van der Waals surface area contributed by atoms with Crippen molar-refractivity contribution in [3.63, 3.8) is 0 Å². The number of ether oxygens (including phenoxy) is 1. The van der Waals surface area contributed by atoms with Crippen LogP contribution in [0.15, 0.2) is 30.6 Å². The van der Waals surface area contributed by atoms with Gasteiger partial charge in [0.2, 0.25) is 0 Å². The Balaban J connectivity index is 2.58. The Morgan fingerprint density at radius 1 is 1.47 bits per heavy atom. The summed E-state index contributed by atoms with van der Waals surface area (Å²) in [5.74, 6) is 1.38. The third-order valence-corrected chi connectivity index (χ3v) is 2.83. The van der Waals surface area contributed by atoms with E-state index in [4.69, 9.17) is 4.74 Å². The van der Waals surface area contributed by atoms with E-state index in [9.17, 15) is 10.1 Å². The van der Waals surface area contributed by atoms with E-state index in [1.807, 2.05) is 6.92 Å². The van der Waals surface area contributed by atoms with E-state index in [0.29, 0.717) is 11.4 Å². The molecule has 0 amide bonds. The molecule has 19 heavy (non-hydrogen) atoms. The van der Waals surface area contributed by atoms with E-state index in [1.54, 1.807) is 29.1 Å². The fraction of sp³-hybridized carbons (Fsp3) is 0.308. The molecule has 2 rings (SSSR count). The van der Waals surface area contributed by atoms with E-state index in [2.05, 4.69) is 4.98 Å². The van der Waals surface area contributed by atoms with Crippen molar-refractivity contribution in [1.29, 1.82) is 0 Å². The molecule has 6 nitrogen and oxygen atoms in total. The van der Waals surface area contributed by atoms with Crippen molar-refractivity contribution in [3.05, 3.63) is 46.5 Å². The molecular formula is C13H15N3O3. The smallest absolute Gasteiger partial charge is 0.293 e. The number of nitro groups is 1. The van der Waals surface area contributed by atoms with Gasteiger partial charge in [-0.2, -0.15) is 0 Å². The summed E-state index contributed by atoms with van der Waals surface area (Å²) in [5, 5.41) is 11.1. The molecule has 0 fully saturated rings. The molecule has 0 aliphatic heterocycles. The third kappa shape index (κ3) is 2.57. The summed E-state index contributed by atoms with van der Waals surface area (Å²) in [6, 6.07) is 4.68. The Kier molecular flexibility index (Phi) is 3.79. The van der Waals surface area contributed by atoms with Crippen LogP contribution in [0.25, 0.3) is 5.69 Å². The highest BCUT2D eigenvalue weighted by atomic mass is 16.6. The predicted octanol–water partition coefficient (Wildman–Crippen LogP) is 2.74. The topological polar surface area (TPSA) is 70.2 Å². The highest BCUT2D eigenvalue weighted by molar-refractivity contribution is 5.56. The molecule has 1 aromatic heterocycles. The first kappa shape index (κ1) is 13.1. The van der Waals surface area contributed by atoms with Crippen molar-refractivity contribution < 1.29 is 9.66 Å². The Morgan fingerprint density at radius 3 is 2.89 bits per heavy atom. The van der Waals surface area contributed by atoms with Gasteiger partial charge in [-0.05, 0) is 12.5 Å². The second-order valence-electron chi connectivity index (χ2n) is 4.08. The van der Waals surface area contributed by atoms with Crippen LogP contribution in [0.1, 0.15) is 19.2 Å². The third-order valence-electron chi connectivity index (χ3n) is 2.83. The van der Waals surface area contributed by atoms with E-state index in [0.717, 1.165) is 18.7 Å². The van der Waals surface area contributed by atoms with E-state index in [1.165, 1.54) is 13.2 Å². The average Bonchev–Trinajstić information content (AvgIpc) is 2.86. The summed E-state index contributed by atoms with van der Waals surface area (Å²) in [7, 11) is 1.53. The van der Waals surface area contributed by atoms with E-state index in [-0.39, 0.29) is 5.69 Å². The molecule has 0 saturated carbocycles. The van der Waals surface area contributed by atoms with Crippen LogP contribution in [0.3, 0.4) is 0 Å². The summed E-state index contributed by atoms with van der Waals surface area (Å²) >= 11 is 0. The molecule has 0 unspecified atom stereocenters. The first-order chi connectivity index (χ1) is 9.17. The number of nitro benzene ring substituents is 1. The van der Waals surface area contributed by atoms with Crippen LogP contribution >= 0.6 is 0 Å². The lowest BCUT2D eigenvalue weighted by molar-refractivity contribution is -0.384. The number of nitrogens with zero attached hydrogens (tertiary/aromatic N) is 3. The number of rotatable bonds is 5. The Hall–Kier alpha value is -2.37. The molecule has 0 atom stereocenters. The second-order valence-corrected chi connectivity index (χ2v) is 4.08. The first-order valence-corrected chi connectivity index (χ1v) is 6.02. The van der Waals surface area contributed by atoms with Gasteiger partial charge < -0.3 is 4.74 Å². The fourth-order valence-electron chi connectivity index (χ4n) is 1.94. The van der Waals surface area contributed by atoms with Gasteiger partial charge in [0.25, 0.3) is 5.69 Å². The van der Waals surface area contributed by atoms with Crippen molar-refractivity contribution >= 4 is 5.69 Å². The van der Waals surface area contributed by atoms with Crippen LogP contribution in [-0.4, -0.2) is 21.6 Å². The SMILES string of the molecule is CCCc1nccn1-c1cc(OC)ccc1[N+](=O)[O-]. The molecule has 6 heteroatoms. The molecule has 0 radical (unpaired) electrons. The van der Waals surface area contributed by atoms with Gasteiger partial charge in [0.15, 0.2) is 0 Å². The minimum Gasteiger partial charge on any atom is -0.497 e. The van der Waals surface area contributed by atoms with Crippen molar-refractivity contribution in [2.24, 2.45) is 0 Å². The van der Waals surface area contributed by atoms with Gasteiger partial charge in [-0.15, -0.1) is 0 Å². The second kappa shape index (κ2) is 5.51. The molecule has 0 spiro atoms. The van der Waals surface area contributed by atoms with Gasteiger partial charge in [0.05, 0.1) is 12.0 Å². The highest BCUT2D eigenvalue weighted by Gasteiger charge is 2.18. The number of methoxy groups -OCH3 is 1. The number of hydrogen-bond donors (Lipinski definition) is 0. The maximum absolute atomic E-state index is 11.1. The minimum absolute atomic E-state index is 0.0381. The van der Waals surface area contributed by atoms with Gasteiger partial charge in [-0.1, -0.05) is 6.92 Å². The molecule has 1 aromatic carbocycles. The number of hydrogen-bond acceptors (Lipinski definition) is 4. The summed E-state index contributed by atoms with van der Waals surface area (Å²) in [6.07, 6.45) is 5.07. The maximum atomic E-state index is 11.1. The molecule has 0 saturated heterocycles. The summed E-state index contributed by atoms with van der Waals surface area (Å²) in [5.41, 5.74) is 0.515. The van der Waals surface area contributed by atoms with Crippen LogP contribution in [0.4, 0.5) is 5.69 Å². The maximum Gasteiger partial charge on any atom is 0.293 e. The summed E-state index contributed by atoms with van der Waals surface area (Å²) in [6.45, 7) is 2.04. The monoisotopic (exact) mass is 261 g/mol. The van der Waals surface area contributed by atoms with Crippen LogP contribution in [0.2, 0.25) is 0 Å². The van der Waals surface area contributed by atoms with Crippen LogP contribution in [0.5, 0.6) is 5.75 Å². The highest BCUT2D eigenvalue weighted by Crippen LogP contribution is 2.28. The number of aryl methyl sites for hydroxylation is 1. The van der Waals surface area contributed by atoms with E-state index < -0.39 is 4.92 Å². The molecule has 1 heterocycles. The zero-order valence-corrected chi connectivity index (χ0v) is 10.9. The van der Waals surface area contributed by atoms with Gasteiger partial charge in [-0.25, -0.2) is 4.98 Å². The van der Waals surface area contributed by atoms with Gasteiger partial charge in [0.1, 0.15) is 17.3 Å². The van der Waals surface area contributed by atoms with Gasteiger partial charge in [-0.3, -0.25) is 14.7 Å². The summed E-state index contributed by atoms with van der Waals surface area (Å²) < 4.78 is 6.87. The van der Waals surface area contributed by atoms with Crippen molar-refractivity contribution in [2.45, 2.75) is 19.8 Å². The van der Waals surface area contributed by atoms with Crippen molar-refractivity contribution in [1.82, 2.24) is 9.55 Å². The largest absolute Gasteiger partial charge is 0.497 e. The fourth-order valence-corrected chi connectivity index (χ4v) is 1.94. The van der Waals surface area contributed by atoms with Gasteiger partial charge >= 0.3 is 0 Å². The quantitative estimate of drug-likeness (QED) is 0.613. The number of benzene rings is 1. The van der Waals surface area contributed by atoms with Crippen molar-refractivity contribution in [2.75, 3.05) is 7.11 Å². The number of imidazole rings is 1. The normalized spacial score (nSPS) is 10.4. The first-order valence-electron chi connectivity index (χ1n) is 6.02. The lowest BCUT2D eigenvalue weighted by atomic mass is 10.2. The summed E-state index contributed by atoms with van der Waals surface area (Å²) in [4.78, 5) is 15.0. The van der Waals surface area contributed by atoms with Gasteiger partial charge in [0, 0.05) is 30.9 Å². The average molecular weight is 261 g/mol. The van der Waals surface area contributed by atoms with Crippen LogP contribution in [-0.2, 0) is 6.42 Å². The molecule has 0 N–H and O–H groups in total. The zero-order chi connectivity index (χ0) is 13.8.